The van der Waals surface area contributed by atoms with E-state index in [-0.39, 0.29) is 0 Å². The molecule has 0 spiro atoms. The van der Waals surface area contributed by atoms with Crippen molar-refractivity contribution in [3.8, 4) is 0 Å². The Kier molecular flexibility index (Phi) is 3.14. The van der Waals surface area contributed by atoms with Crippen molar-refractivity contribution in [2.45, 2.75) is 37.0 Å². The summed E-state index contributed by atoms with van der Waals surface area (Å²) in [6.45, 7) is 11.3. The van der Waals surface area contributed by atoms with Gasteiger partial charge in [0.1, 0.15) is 0 Å². The van der Waals surface area contributed by atoms with Crippen LogP contribution in [0.15, 0.2) is 0 Å². The molecular formula is C12H22IN. The van der Waals surface area contributed by atoms with E-state index >= 15 is 0 Å². The first-order valence-corrected chi connectivity index (χ1v) is 6.99. The van der Waals surface area contributed by atoms with Gasteiger partial charge in [0, 0.05) is 23.1 Å². The molecule has 0 bridgehead atoms. The molecule has 2 rings (SSSR count). The number of hydrogen-bond donors (Lipinski definition) is 0. The molecule has 1 aliphatic carbocycles. The van der Waals surface area contributed by atoms with Crippen LogP contribution in [0.25, 0.3) is 0 Å². The lowest BCUT2D eigenvalue weighted by molar-refractivity contribution is 0.112. The third-order valence-electron chi connectivity index (χ3n) is 4.20. The summed E-state index contributed by atoms with van der Waals surface area (Å²) < 4.78 is 0.512. The van der Waals surface area contributed by atoms with Gasteiger partial charge in [-0.15, -0.1) is 0 Å². The third kappa shape index (κ3) is 2.26. The van der Waals surface area contributed by atoms with E-state index in [9.17, 15) is 0 Å². The number of piperidine rings is 1. The summed E-state index contributed by atoms with van der Waals surface area (Å²) >= 11 is 2.68. The van der Waals surface area contributed by atoms with Crippen molar-refractivity contribution < 1.29 is 0 Å². The molecule has 0 amide bonds. The summed E-state index contributed by atoms with van der Waals surface area (Å²) in [6.07, 6.45) is 2.97. The SMILES string of the molecule is CC1CN(CC2CC2)CC(C)C1(C)I. The largest absolute Gasteiger partial charge is 0.302 e. The Morgan fingerprint density at radius 3 is 2.14 bits per heavy atom. The Morgan fingerprint density at radius 2 is 1.71 bits per heavy atom. The maximum absolute atomic E-state index is 2.70. The fourth-order valence-electron chi connectivity index (χ4n) is 2.51. The molecule has 1 saturated carbocycles. The number of rotatable bonds is 2. The first-order valence-electron chi connectivity index (χ1n) is 5.91. The number of alkyl halides is 1. The van der Waals surface area contributed by atoms with E-state index in [1.54, 1.807) is 0 Å². The van der Waals surface area contributed by atoms with Crippen LogP contribution in [0.3, 0.4) is 0 Å². The molecule has 1 saturated heterocycles. The van der Waals surface area contributed by atoms with Crippen LogP contribution in [-0.2, 0) is 0 Å². The minimum atomic E-state index is 0.512. The number of likely N-dealkylation sites (tertiary alicyclic amines) is 1. The Balaban J connectivity index is 1.92. The van der Waals surface area contributed by atoms with Crippen LogP contribution >= 0.6 is 22.6 Å². The second-order valence-corrected chi connectivity index (χ2v) is 7.94. The molecule has 0 aromatic rings. The molecule has 0 aromatic carbocycles. The highest BCUT2D eigenvalue weighted by molar-refractivity contribution is 14.1. The Bertz CT molecular complexity index is 196. The molecule has 1 heterocycles. The smallest absolute Gasteiger partial charge is 0.0269 e. The standard InChI is InChI=1S/C12H22IN/c1-9-6-14(8-11-4-5-11)7-10(2)12(9,3)13/h9-11H,4-8H2,1-3H3. The van der Waals surface area contributed by atoms with Crippen molar-refractivity contribution in [2.75, 3.05) is 19.6 Å². The van der Waals surface area contributed by atoms with Crippen molar-refractivity contribution in [1.82, 2.24) is 4.90 Å². The molecule has 1 aliphatic heterocycles. The summed E-state index contributed by atoms with van der Waals surface area (Å²) in [5.74, 6) is 2.73. The second kappa shape index (κ2) is 3.93. The maximum atomic E-state index is 2.70. The van der Waals surface area contributed by atoms with E-state index in [1.807, 2.05) is 0 Å². The average Bonchev–Trinajstić information content (AvgIpc) is 2.85. The van der Waals surface area contributed by atoms with Crippen LogP contribution in [0.4, 0.5) is 0 Å². The van der Waals surface area contributed by atoms with Crippen molar-refractivity contribution >= 4 is 22.6 Å². The highest BCUT2D eigenvalue weighted by atomic mass is 127. The van der Waals surface area contributed by atoms with E-state index in [0.717, 1.165) is 17.8 Å². The predicted molar refractivity (Wildman–Crippen MR) is 69.9 cm³/mol. The van der Waals surface area contributed by atoms with Gasteiger partial charge in [-0.25, -0.2) is 0 Å². The molecular weight excluding hydrogens is 285 g/mol. The van der Waals surface area contributed by atoms with Crippen LogP contribution in [0.5, 0.6) is 0 Å². The minimum absolute atomic E-state index is 0.512. The molecule has 2 aliphatic rings. The summed E-state index contributed by atoms with van der Waals surface area (Å²) in [7, 11) is 0. The minimum Gasteiger partial charge on any atom is -0.302 e. The normalized spacial score (nSPS) is 45.4. The van der Waals surface area contributed by atoms with Gasteiger partial charge < -0.3 is 4.90 Å². The first kappa shape index (κ1) is 11.2. The molecule has 2 fully saturated rings. The van der Waals surface area contributed by atoms with E-state index in [4.69, 9.17) is 0 Å². The van der Waals surface area contributed by atoms with Crippen LogP contribution < -0.4 is 0 Å². The molecule has 14 heavy (non-hydrogen) atoms. The van der Waals surface area contributed by atoms with Crippen LogP contribution in [0.2, 0.25) is 0 Å². The Morgan fingerprint density at radius 1 is 1.21 bits per heavy atom. The van der Waals surface area contributed by atoms with Gasteiger partial charge in [-0.05, 0) is 37.5 Å². The molecule has 0 aromatic heterocycles. The molecule has 2 atom stereocenters. The van der Waals surface area contributed by atoms with Crippen LogP contribution in [0.1, 0.15) is 33.6 Å². The predicted octanol–water partition coefficient (Wildman–Crippen LogP) is 3.18. The second-order valence-electron chi connectivity index (χ2n) is 5.62. The highest BCUT2D eigenvalue weighted by Crippen LogP contribution is 2.41. The van der Waals surface area contributed by atoms with Gasteiger partial charge in [-0.1, -0.05) is 36.4 Å². The van der Waals surface area contributed by atoms with Crippen LogP contribution in [-0.4, -0.2) is 28.0 Å². The maximum Gasteiger partial charge on any atom is 0.0269 e. The third-order valence-corrected chi connectivity index (χ3v) is 6.33. The molecule has 2 heteroatoms. The number of halogens is 1. The first-order chi connectivity index (χ1) is 6.50. The van der Waals surface area contributed by atoms with Gasteiger partial charge in [0.05, 0.1) is 0 Å². The van der Waals surface area contributed by atoms with E-state index in [0.29, 0.717) is 3.42 Å². The molecule has 1 nitrogen and oxygen atoms in total. The van der Waals surface area contributed by atoms with Gasteiger partial charge in [-0.2, -0.15) is 0 Å². The van der Waals surface area contributed by atoms with Gasteiger partial charge in [0.15, 0.2) is 0 Å². The molecule has 2 unspecified atom stereocenters. The average molecular weight is 307 g/mol. The number of hydrogen-bond acceptors (Lipinski definition) is 1. The zero-order chi connectivity index (χ0) is 10.3. The summed E-state index contributed by atoms with van der Waals surface area (Å²) in [5, 5.41) is 0. The van der Waals surface area contributed by atoms with Crippen molar-refractivity contribution in [2.24, 2.45) is 17.8 Å². The Labute approximate surface area is 102 Å². The lowest BCUT2D eigenvalue weighted by Gasteiger charge is -2.46. The fourth-order valence-corrected chi connectivity index (χ4v) is 2.90. The molecule has 82 valence electrons. The van der Waals surface area contributed by atoms with E-state index in [1.165, 1.54) is 32.5 Å². The summed E-state index contributed by atoms with van der Waals surface area (Å²) in [4.78, 5) is 2.70. The van der Waals surface area contributed by atoms with Crippen molar-refractivity contribution in [3.05, 3.63) is 0 Å². The van der Waals surface area contributed by atoms with Crippen molar-refractivity contribution in [1.29, 1.82) is 0 Å². The number of nitrogens with zero attached hydrogens (tertiary/aromatic N) is 1. The lowest BCUT2D eigenvalue weighted by atomic mass is 9.81. The van der Waals surface area contributed by atoms with Gasteiger partial charge in [-0.3, -0.25) is 0 Å². The van der Waals surface area contributed by atoms with Gasteiger partial charge >= 0.3 is 0 Å². The summed E-state index contributed by atoms with van der Waals surface area (Å²) in [6, 6.07) is 0. The topological polar surface area (TPSA) is 3.24 Å². The van der Waals surface area contributed by atoms with Gasteiger partial charge in [0.25, 0.3) is 0 Å². The zero-order valence-corrected chi connectivity index (χ0v) is 11.8. The molecule has 0 N–H and O–H groups in total. The van der Waals surface area contributed by atoms with E-state index < -0.39 is 0 Å². The molecule has 0 radical (unpaired) electrons. The highest BCUT2D eigenvalue weighted by Gasteiger charge is 2.40. The van der Waals surface area contributed by atoms with Crippen molar-refractivity contribution in [3.63, 3.8) is 0 Å². The van der Waals surface area contributed by atoms with E-state index in [2.05, 4.69) is 48.3 Å². The Hall–Kier alpha value is 0.690. The summed E-state index contributed by atoms with van der Waals surface area (Å²) in [5.41, 5.74) is 0. The fraction of sp³-hybridized carbons (Fsp3) is 1.00. The quantitative estimate of drug-likeness (QED) is 0.559. The lowest BCUT2D eigenvalue weighted by Crippen LogP contribution is -2.51. The van der Waals surface area contributed by atoms with Gasteiger partial charge in [0.2, 0.25) is 0 Å². The van der Waals surface area contributed by atoms with Crippen LogP contribution in [0, 0.1) is 17.8 Å². The monoisotopic (exact) mass is 307 g/mol. The zero-order valence-electron chi connectivity index (χ0n) is 9.59.